The van der Waals surface area contributed by atoms with Crippen molar-refractivity contribution in [1.29, 1.82) is 0 Å². The fourth-order valence-corrected chi connectivity index (χ4v) is 1.88. The zero-order valence-corrected chi connectivity index (χ0v) is 11.0. The Morgan fingerprint density at radius 1 is 1.20 bits per heavy atom. The van der Waals surface area contributed by atoms with Crippen molar-refractivity contribution in [3.8, 4) is 0 Å². The minimum atomic E-state index is -0.749. The molecule has 0 fully saturated rings. The summed E-state index contributed by atoms with van der Waals surface area (Å²) in [4.78, 5) is 34.1. The molecule has 0 saturated heterocycles. The smallest absolute Gasteiger partial charge is 0.344 e. The summed E-state index contributed by atoms with van der Waals surface area (Å²) >= 11 is 5.41. The molecule has 0 spiro atoms. The second-order valence-electron chi connectivity index (χ2n) is 3.95. The van der Waals surface area contributed by atoms with Crippen molar-refractivity contribution in [3.05, 3.63) is 65.0 Å². The van der Waals surface area contributed by atoms with E-state index in [1.165, 1.54) is 18.2 Å². The maximum absolute atomic E-state index is 12.1. The highest BCUT2D eigenvalue weighted by atomic mass is 35.5. The molecule has 0 amide bonds. The van der Waals surface area contributed by atoms with Gasteiger partial charge in [-0.15, -0.1) is 0 Å². The van der Waals surface area contributed by atoms with Crippen LogP contribution in [0.15, 0.2) is 53.8 Å². The monoisotopic (exact) mass is 288 g/mol. The molecular formula is C15H9ClO4. The second-order valence-corrected chi connectivity index (χ2v) is 4.30. The van der Waals surface area contributed by atoms with Gasteiger partial charge >= 0.3 is 5.97 Å². The third-order valence-corrected chi connectivity index (χ3v) is 2.89. The number of hydrogen-bond donors (Lipinski definition) is 0. The van der Waals surface area contributed by atoms with E-state index < -0.39 is 11.2 Å². The predicted molar refractivity (Wildman–Crippen MR) is 73.1 cm³/mol. The molecule has 20 heavy (non-hydrogen) atoms. The third kappa shape index (κ3) is 2.94. The zero-order chi connectivity index (χ0) is 14.5. The van der Waals surface area contributed by atoms with E-state index in [4.69, 9.17) is 16.3 Å². The number of benzene rings is 1. The van der Waals surface area contributed by atoms with Crippen LogP contribution in [0.2, 0.25) is 0 Å². The van der Waals surface area contributed by atoms with Crippen LogP contribution in [-0.2, 0) is 9.53 Å². The Bertz CT molecular complexity index is 679. The number of hydrogen-bond acceptors (Lipinski definition) is 4. The highest BCUT2D eigenvalue weighted by Crippen LogP contribution is 2.21. The van der Waals surface area contributed by atoms with Crippen molar-refractivity contribution < 1.29 is 19.1 Å². The van der Waals surface area contributed by atoms with E-state index >= 15 is 0 Å². The summed E-state index contributed by atoms with van der Waals surface area (Å²) < 4.78 is 5.13. The summed E-state index contributed by atoms with van der Waals surface area (Å²) in [6.45, 7) is 0. The Balaban J connectivity index is 2.30. The molecule has 1 aromatic rings. The maximum Gasteiger partial charge on any atom is 0.344 e. The Morgan fingerprint density at radius 2 is 1.90 bits per heavy atom. The van der Waals surface area contributed by atoms with Crippen LogP contribution in [-0.4, -0.2) is 17.2 Å². The largest absolute Gasteiger partial charge is 0.422 e. The highest BCUT2D eigenvalue weighted by Gasteiger charge is 2.20. The van der Waals surface area contributed by atoms with Crippen LogP contribution < -0.4 is 0 Å². The molecular weight excluding hydrogens is 280 g/mol. The normalized spacial score (nSPS) is 13.4. The van der Waals surface area contributed by atoms with Gasteiger partial charge in [-0.25, -0.2) is 9.59 Å². The molecule has 100 valence electrons. The number of rotatable bonds is 3. The maximum atomic E-state index is 12.1. The molecule has 0 N–H and O–H groups in total. The van der Waals surface area contributed by atoms with E-state index in [0.717, 1.165) is 0 Å². The number of allylic oxidation sites excluding steroid dienone is 4. The molecule has 0 heterocycles. The molecule has 4 nitrogen and oxygen atoms in total. The van der Waals surface area contributed by atoms with Crippen LogP contribution in [0.4, 0.5) is 0 Å². The standard InChI is InChI=1S/C15H9ClO4/c16-14(18)11-6-2-3-7-12(11)15(19)20-13-8-4-1-5-10(13)9-17/h1-4,6-8H,5H2. The van der Waals surface area contributed by atoms with Gasteiger partial charge in [-0.2, -0.15) is 0 Å². The number of carbonyl (C=O) groups excluding carboxylic acids is 3. The first kappa shape index (κ1) is 14.0. The van der Waals surface area contributed by atoms with Crippen molar-refractivity contribution in [1.82, 2.24) is 0 Å². The van der Waals surface area contributed by atoms with Crippen LogP contribution >= 0.6 is 11.6 Å². The number of carbonyl (C=O) groups is 2. The molecule has 0 aromatic heterocycles. The summed E-state index contributed by atoms with van der Waals surface area (Å²) in [5, 5.41) is -0.749. The van der Waals surface area contributed by atoms with E-state index in [1.54, 1.807) is 30.2 Å². The summed E-state index contributed by atoms with van der Waals surface area (Å²) in [6, 6.07) is 6.04. The molecule has 0 aliphatic heterocycles. The molecule has 0 radical (unpaired) electrons. The SMILES string of the molecule is O=C=C1CC=CC=C1OC(=O)c1ccccc1C(=O)Cl. The van der Waals surface area contributed by atoms with E-state index in [1.807, 2.05) is 0 Å². The van der Waals surface area contributed by atoms with E-state index in [0.29, 0.717) is 6.42 Å². The lowest BCUT2D eigenvalue weighted by Crippen LogP contribution is -2.11. The van der Waals surface area contributed by atoms with Crippen molar-refractivity contribution in [2.45, 2.75) is 6.42 Å². The van der Waals surface area contributed by atoms with Gasteiger partial charge in [0.05, 0.1) is 11.1 Å². The Hall–Kier alpha value is -2.42. The molecule has 2 rings (SSSR count). The van der Waals surface area contributed by atoms with Crippen molar-refractivity contribution in [2.75, 3.05) is 0 Å². The first-order valence-corrected chi connectivity index (χ1v) is 6.13. The second kappa shape index (κ2) is 6.15. The van der Waals surface area contributed by atoms with E-state index in [-0.39, 0.29) is 22.5 Å². The summed E-state index contributed by atoms with van der Waals surface area (Å²) in [6.07, 6.45) is 5.25. The average Bonchev–Trinajstić information content (AvgIpc) is 2.47. The summed E-state index contributed by atoms with van der Waals surface area (Å²) in [7, 11) is 0. The number of ether oxygens (including phenoxy) is 1. The van der Waals surface area contributed by atoms with Gasteiger partial charge in [-0.3, -0.25) is 4.79 Å². The first-order chi connectivity index (χ1) is 9.63. The third-order valence-electron chi connectivity index (χ3n) is 2.69. The van der Waals surface area contributed by atoms with Crippen LogP contribution in [0.25, 0.3) is 0 Å². The highest BCUT2D eigenvalue weighted by molar-refractivity contribution is 6.68. The topological polar surface area (TPSA) is 60.4 Å². The lowest BCUT2D eigenvalue weighted by Gasteiger charge is -2.11. The Labute approximate surface area is 120 Å². The van der Waals surface area contributed by atoms with Gasteiger partial charge in [0.2, 0.25) is 0 Å². The van der Waals surface area contributed by atoms with Crippen LogP contribution in [0, 0.1) is 0 Å². The molecule has 0 bridgehead atoms. The van der Waals surface area contributed by atoms with Gasteiger partial charge < -0.3 is 4.74 Å². The van der Waals surface area contributed by atoms with Crippen molar-refractivity contribution >= 4 is 28.8 Å². The van der Waals surface area contributed by atoms with Crippen LogP contribution in [0.5, 0.6) is 0 Å². The van der Waals surface area contributed by atoms with Crippen LogP contribution in [0.3, 0.4) is 0 Å². The fourth-order valence-electron chi connectivity index (χ4n) is 1.72. The first-order valence-electron chi connectivity index (χ1n) is 5.75. The van der Waals surface area contributed by atoms with Crippen molar-refractivity contribution in [3.63, 3.8) is 0 Å². The van der Waals surface area contributed by atoms with E-state index in [2.05, 4.69) is 0 Å². The van der Waals surface area contributed by atoms with Gasteiger partial charge in [0.15, 0.2) is 0 Å². The minimum Gasteiger partial charge on any atom is -0.422 e. The Morgan fingerprint density at radius 3 is 2.55 bits per heavy atom. The Kier molecular flexibility index (Phi) is 4.31. The lowest BCUT2D eigenvalue weighted by atomic mass is 10.1. The zero-order valence-electron chi connectivity index (χ0n) is 10.3. The molecule has 0 saturated carbocycles. The summed E-state index contributed by atoms with van der Waals surface area (Å²) in [5.74, 6) is 1.11. The van der Waals surface area contributed by atoms with Gasteiger partial charge in [-0.05, 0) is 29.8 Å². The summed E-state index contributed by atoms with van der Waals surface area (Å²) in [5.41, 5.74) is 0.353. The number of halogens is 1. The van der Waals surface area contributed by atoms with Gasteiger partial charge in [0, 0.05) is 12.0 Å². The number of esters is 1. The molecule has 1 aliphatic rings. The van der Waals surface area contributed by atoms with Gasteiger partial charge in [0.25, 0.3) is 5.24 Å². The fraction of sp³-hybridized carbons (Fsp3) is 0.0667. The molecule has 1 aliphatic carbocycles. The molecule has 0 atom stereocenters. The molecule has 0 unspecified atom stereocenters. The lowest BCUT2D eigenvalue weighted by molar-refractivity contribution is 0.0629. The van der Waals surface area contributed by atoms with Crippen LogP contribution in [0.1, 0.15) is 27.1 Å². The quantitative estimate of drug-likeness (QED) is 0.487. The van der Waals surface area contributed by atoms with Gasteiger partial charge in [0.1, 0.15) is 11.7 Å². The van der Waals surface area contributed by atoms with Crippen molar-refractivity contribution in [2.24, 2.45) is 0 Å². The van der Waals surface area contributed by atoms with Gasteiger partial charge in [-0.1, -0.05) is 24.3 Å². The molecule has 5 heteroatoms. The van der Waals surface area contributed by atoms with E-state index in [9.17, 15) is 14.4 Å². The molecule has 1 aromatic carbocycles. The minimum absolute atomic E-state index is 0.0493. The average molecular weight is 289 g/mol. The predicted octanol–water partition coefficient (Wildman–Crippen LogP) is 2.82.